The molecular weight excluding hydrogens is 649 g/mol. The molecule has 7 aromatic carbocycles. The van der Waals surface area contributed by atoms with E-state index in [9.17, 15) is 0 Å². The van der Waals surface area contributed by atoms with Crippen LogP contribution in [0.25, 0.3) is 38.6 Å². The van der Waals surface area contributed by atoms with Gasteiger partial charge in [-0.05, 0) is 98.9 Å². The summed E-state index contributed by atoms with van der Waals surface area (Å²) in [6.07, 6.45) is 0. The average Bonchev–Trinajstić information content (AvgIpc) is 3.51. The smallest absolute Gasteiger partial charge is 0.253 e. The first-order chi connectivity index (χ1) is 25.3. The van der Waals surface area contributed by atoms with Gasteiger partial charge in [-0.15, -0.1) is 0 Å². The number of hydrogen-bond donors (Lipinski definition) is 0. The second-order valence-electron chi connectivity index (χ2n) is 15.7. The molecule has 248 valence electrons. The number of hydrogen-bond acceptors (Lipinski definition) is 2. The Morgan fingerprint density at radius 2 is 1.12 bits per heavy atom. The van der Waals surface area contributed by atoms with Crippen molar-refractivity contribution in [3.63, 3.8) is 0 Å². The van der Waals surface area contributed by atoms with Crippen LogP contribution in [0.5, 0.6) is 11.5 Å². The van der Waals surface area contributed by atoms with Gasteiger partial charge in [0, 0.05) is 37.1 Å². The van der Waals surface area contributed by atoms with Crippen LogP contribution in [0.15, 0.2) is 155 Å². The van der Waals surface area contributed by atoms with Crippen molar-refractivity contribution in [1.82, 2.24) is 4.57 Å². The highest BCUT2D eigenvalue weighted by Crippen LogP contribution is 2.51. The first-order valence-corrected chi connectivity index (χ1v) is 19.1. The molecule has 0 saturated heterocycles. The summed E-state index contributed by atoms with van der Waals surface area (Å²) in [4.78, 5) is 2.61. The molecule has 52 heavy (non-hydrogen) atoms. The van der Waals surface area contributed by atoms with Crippen LogP contribution in [0.3, 0.4) is 0 Å². The van der Waals surface area contributed by atoms with Gasteiger partial charge in [-0.2, -0.15) is 0 Å². The lowest BCUT2D eigenvalue weighted by molar-refractivity contribution is 0.486. The Labute approximate surface area is 309 Å². The van der Waals surface area contributed by atoms with Crippen molar-refractivity contribution in [2.45, 2.75) is 48.3 Å². The topological polar surface area (TPSA) is 14.2 Å². The third kappa shape index (κ3) is 4.04. The summed E-state index contributed by atoms with van der Waals surface area (Å²) in [7, 11) is 0. The van der Waals surface area contributed by atoms with Crippen LogP contribution in [0.2, 0.25) is 0 Å². The number of fused-ring (bicyclic) bond motifs is 9. The fraction of sp³-hybridized carbons (Fsp3) is 0.125. The van der Waals surface area contributed by atoms with Gasteiger partial charge >= 0.3 is 0 Å². The van der Waals surface area contributed by atoms with Gasteiger partial charge in [0.15, 0.2) is 0 Å². The van der Waals surface area contributed by atoms with Crippen molar-refractivity contribution in [3.8, 4) is 28.3 Å². The second-order valence-corrected chi connectivity index (χ2v) is 16.8. The summed E-state index contributed by atoms with van der Waals surface area (Å²) in [5, 5.41) is 2.58. The van der Waals surface area contributed by atoms with Crippen LogP contribution in [-0.4, -0.2) is 11.3 Å². The number of nitrogens with zero attached hydrogens (tertiary/aromatic N) is 1. The third-order valence-corrected chi connectivity index (χ3v) is 13.3. The van der Waals surface area contributed by atoms with Gasteiger partial charge in [0.05, 0.1) is 11.0 Å². The van der Waals surface area contributed by atoms with Crippen LogP contribution in [0.1, 0.15) is 49.9 Å². The van der Waals surface area contributed by atoms with Crippen molar-refractivity contribution in [3.05, 3.63) is 168 Å². The van der Waals surface area contributed by atoms with E-state index in [0.717, 1.165) is 11.5 Å². The number of ether oxygens (including phenoxy) is 1. The van der Waals surface area contributed by atoms with Crippen molar-refractivity contribution >= 4 is 56.7 Å². The first-order valence-electron chi connectivity index (χ1n) is 18.3. The van der Waals surface area contributed by atoms with Gasteiger partial charge in [0.1, 0.15) is 11.5 Å². The molecule has 0 unspecified atom stereocenters. The number of rotatable bonds is 2. The molecule has 1 aliphatic carbocycles. The summed E-state index contributed by atoms with van der Waals surface area (Å²) in [6, 6.07) is 54.0. The molecule has 2 nitrogen and oxygen atoms in total. The van der Waals surface area contributed by atoms with Crippen molar-refractivity contribution in [2.24, 2.45) is 0 Å². The Bertz CT molecular complexity index is 2700. The molecule has 4 heteroatoms. The van der Waals surface area contributed by atoms with Gasteiger partial charge in [-0.1, -0.05) is 136 Å². The third-order valence-electron chi connectivity index (χ3n) is 12.2. The highest BCUT2D eigenvalue weighted by atomic mass is 32.2. The molecule has 0 N–H and O–H groups in total. The van der Waals surface area contributed by atoms with E-state index in [1.807, 2.05) is 11.8 Å². The monoisotopic (exact) mass is 685 g/mol. The predicted octanol–water partition coefficient (Wildman–Crippen LogP) is 10.5. The van der Waals surface area contributed by atoms with Gasteiger partial charge < -0.3 is 9.30 Å². The summed E-state index contributed by atoms with van der Waals surface area (Å²) in [5.41, 5.74) is 15.2. The molecule has 8 aromatic rings. The van der Waals surface area contributed by atoms with Crippen LogP contribution < -0.4 is 21.1 Å². The minimum Gasteiger partial charge on any atom is -0.458 e. The zero-order valence-corrected chi connectivity index (χ0v) is 30.5. The largest absolute Gasteiger partial charge is 0.458 e. The normalized spacial score (nSPS) is 15.7. The molecule has 0 fully saturated rings. The first kappa shape index (κ1) is 30.2. The van der Waals surface area contributed by atoms with Crippen molar-refractivity contribution < 1.29 is 4.74 Å². The Morgan fingerprint density at radius 3 is 1.87 bits per heavy atom. The van der Waals surface area contributed by atoms with E-state index >= 15 is 0 Å². The highest BCUT2D eigenvalue weighted by molar-refractivity contribution is 8.00. The van der Waals surface area contributed by atoms with Crippen LogP contribution >= 0.6 is 11.8 Å². The van der Waals surface area contributed by atoms with E-state index in [2.05, 4.69) is 178 Å². The van der Waals surface area contributed by atoms with E-state index in [0.29, 0.717) is 0 Å². The maximum Gasteiger partial charge on any atom is 0.253 e. The summed E-state index contributed by atoms with van der Waals surface area (Å²) in [6.45, 7) is 9.78. The minimum absolute atomic E-state index is 0.175. The SMILES string of the molecule is CC1(C)c2ccc(-n3c4ccccc4c4ccccc43)cc2C(C)(C)c2ccc(-c3cc4c5c(c3)Sc3ccccc3B5c3ccccc3O4)cc21. The molecular formula is C48H36BNOS. The second kappa shape index (κ2) is 10.6. The molecule has 3 aliphatic rings. The maximum absolute atomic E-state index is 6.71. The van der Waals surface area contributed by atoms with Crippen molar-refractivity contribution in [2.75, 3.05) is 0 Å². The zero-order chi connectivity index (χ0) is 34.9. The fourth-order valence-electron chi connectivity index (χ4n) is 9.57. The maximum atomic E-state index is 6.71. The molecule has 0 spiro atoms. The Morgan fingerprint density at radius 1 is 0.500 bits per heavy atom. The standard InChI is InChI=1S/C48H36BNOS/c1-47(2)35-24-22-31(50-40-17-9-5-13-32(40)33-14-6-10-18-41(33)50)28-37(35)48(3,4)34-23-21-29(25-36(34)47)30-26-43-46-45(27-30)52-44-20-12-8-16-39(44)49(46)38-15-7-11-19-42(38)51-43/h5-28H,1-4H3. The minimum atomic E-state index is -0.188. The molecule has 0 amide bonds. The molecule has 2 aliphatic heterocycles. The van der Waals surface area contributed by atoms with Crippen LogP contribution in [0.4, 0.5) is 0 Å². The summed E-state index contributed by atoms with van der Waals surface area (Å²) < 4.78 is 9.16. The van der Waals surface area contributed by atoms with E-state index in [-0.39, 0.29) is 17.5 Å². The molecule has 3 heterocycles. The molecule has 0 atom stereocenters. The molecule has 0 radical (unpaired) electrons. The Kier molecular flexibility index (Phi) is 6.13. The Hall–Kier alpha value is -5.45. The van der Waals surface area contributed by atoms with Crippen LogP contribution in [-0.2, 0) is 10.8 Å². The lowest BCUT2D eigenvalue weighted by Crippen LogP contribution is -2.57. The van der Waals surface area contributed by atoms with Gasteiger partial charge in [0.2, 0.25) is 0 Å². The quantitative estimate of drug-likeness (QED) is 0.168. The average molecular weight is 686 g/mol. The highest BCUT2D eigenvalue weighted by Gasteiger charge is 2.43. The zero-order valence-electron chi connectivity index (χ0n) is 29.7. The fourth-order valence-corrected chi connectivity index (χ4v) is 10.8. The van der Waals surface area contributed by atoms with Crippen molar-refractivity contribution in [1.29, 1.82) is 0 Å². The van der Waals surface area contributed by atoms with E-state index in [4.69, 9.17) is 4.74 Å². The lowest BCUT2D eigenvalue weighted by Gasteiger charge is -2.44. The lowest BCUT2D eigenvalue weighted by atomic mass is 9.35. The van der Waals surface area contributed by atoms with E-state index in [1.54, 1.807) is 0 Å². The van der Waals surface area contributed by atoms with Gasteiger partial charge in [0.25, 0.3) is 6.71 Å². The summed E-state index contributed by atoms with van der Waals surface area (Å²) in [5.74, 6) is 1.92. The number of aromatic nitrogens is 1. The molecule has 11 rings (SSSR count). The molecule has 0 saturated carbocycles. The van der Waals surface area contributed by atoms with Gasteiger partial charge in [-0.25, -0.2) is 0 Å². The molecule has 0 bridgehead atoms. The Balaban J connectivity index is 1.05. The van der Waals surface area contributed by atoms with Gasteiger partial charge in [-0.3, -0.25) is 0 Å². The number of para-hydroxylation sites is 3. The molecule has 1 aromatic heterocycles. The van der Waals surface area contributed by atoms with Crippen LogP contribution in [0, 0.1) is 0 Å². The predicted molar refractivity (Wildman–Crippen MR) is 219 cm³/mol. The summed E-state index contributed by atoms with van der Waals surface area (Å²) >= 11 is 1.87. The van der Waals surface area contributed by atoms with E-state index in [1.165, 1.54) is 87.1 Å². The van der Waals surface area contributed by atoms with E-state index < -0.39 is 0 Å². The number of benzene rings is 7.